The highest BCUT2D eigenvalue weighted by atomic mass is 32.1. The maximum Gasteiger partial charge on any atom is 0.146 e. The minimum absolute atomic E-state index is 0.173. The Labute approximate surface area is 85.5 Å². The van der Waals surface area contributed by atoms with Gasteiger partial charge in [0.2, 0.25) is 0 Å². The Kier molecular flexibility index (Phi) is 2.29. The van der Waals surface area contributed by atoms with Gasteiger partial charge in [-0.3, -0.25) is 0 Å². The molecule has 2 aromatic heterocycles. The Hall–Kier alpha value is -1.29. The van der Waals surface area contributed by atoms with Crippen LogP contribution >= 0.6 is 11.3 Å². The fourth-order valence-electron chi connectivity index (χ4n) is 1.22. The summed E-state index contributed by atoms with van der Waals surface area (Å²) in [4.78, 5) is 8.84. The molecule has 2 rings (SSSR count). The summed E-state index contributed by atoms with van der Waals surface area (Å²) >= 11 is 1.40. The molecule has 0 fully saturated rings. The Bertz CT molecular complexity index is 465. The second-order valence-electron chi connectivity index (χ2n) is 3.01. The van der Waals surface area contributed by atoms with Gasteiger partial charge in [0.05, 0.1) is 5.69 Å². The fraction of sp³-hybridized carbons (Fsp3) is 0.200. The molecule has 0 radical (unpaired) electrons. The van der Waals surface area contributed by atoms with Crippen LogP contribution in [0.25, 0.3) is 11.3 Å². The zero-order chi connectivity index (χ0) is 10.1. The molecule has 2 nitrogen and oxygen atoms in total. The van der Waals surface area contributed by atoms with Crippen molar-refractivity contribution < 1.29 is 4.39 Å². The third-order valence-corrected chi connectivity index (χ3v) is 2.84. The van der Waals surface area contributed by atoms with Crippen LogP contribution in [0, 0.1) is 19.7 Å². The summed E-state index contributed by atoms with van der Waals surface area (Å²) in [6, 6.07) is 1.72. The predicted molar refractivity (Wildman–Crippen MR) is 54.8 cm³/mol. The normalized spacial score (nSPS) is 10.5. The summed E-state index contributed by atoms with van der Waals surface area (Å²) in [5, 5.41) is 1.78. The van der Waals surface area contributed by atoms with Crippen molar-refractivity contribution in [2.75, 3.05) is 0 Å². The monoisotopic (exact) mass is 208 g/mol. The highest BCUT2D eigenvalue weighted by Crippen LogP contribution is 2.27. The van der Waals surface area contributed by atoms with Gasteiger partial charge in [-0.15, -0.1) is 11.3 Å². The topological polar surface area (TPSA) is 25.8 Å². The Morgan fingerprint density at radius 1 is 1.36 bits per heavy atom. The number of rotatable bonds is 1. The van der Waals surface area contributed by atoms with Crippen molar-refractivity contribution >= 4 is 11.3 Å². The van der Waals surface area contributed by atoms with E-state index in [0.717, 1.165) is 0 Å². The summed E-state index contributed by atoms with van der Waals surface area (Å²) in [5.41, 5.74) is 1.22. The van der Waals surface area contributed by atoms with Gasteiger partial charge in [-0.25, -0.2) is 14.4 Å². The Balaban J connectivity index is 2.55. The van der Waals surface area contributed by atoms with Gasteiger partial charge in [0.15, 0.2) is 0 Å². The number of aromatic nitrogens is 2. The van der Waals surface area contributed by atoms with Crippen LogP contribution in [0.3, 0.4) is 0 Å². The smallest absolute Gasteiger partial charge is 0.146 e. The number of aryl methyl sites for hydroxylation is 2. The lowest BCUT2D eigenvalue weighted by atomic mass is 10.2. The van der Waals surface area contributed by atoms with Gasteiger partial charge in [-0.2, -0.15) is 0 Å². The Morgan fingerprint density at radius 2 is 2.14 bits per heavy atom. The minimum Gasteiger partial charge on any atom is -0.242 e. The first-order chi connectivity index (χ1) is 6.68. The molecule has 72 valence electrons. The van der Waals surface area contributed by atoms with E-state index in [0.29, 0.717) is 22.0 Å². The maximum absolute atomic E-state index is 13.5. The molecule has 0 bridgehead atoms. The fourth-order valence-corrected chi connectivity index (χ4v) is 1.95. The molecule has 0 aromatic carbocycles. The van der Waals surface area contributed by atoms with E-state index in [-0.39, 0.29) is 5.82 Å². The number of thiophene rings is 1. The summed E-state index contributed by atoms with van der Waals surface area (Å²) in [6.07, 6.45) is 1.64. The van der Waals surface area contributed by atoms with E-state index in [1.165, 1.54) is 11.3 Å². The SMILES string of the molecule is Cc1nccc(-c2csc(C)c2F)n1. The molecule has 4 heteroatoms. The van der Waals surface area contributed by atoms with Crippen molar-refractivity contribution in [3.05, 3.63) is 34.2 Å². The van der Waals surface area contributed by atoms with Crippen LogP contribution in [0.2, 0.25) is 0 Å². The van der Waals surface area contributed by atoms with Crippen LogP contribution < -0.4 is 0 Å². The van der Waals surface area contributed by atoms with E-state index in [2.05, 4.69) is 9.97 Å². The highest BCUT2D eigenvalue weighted by Gasteiger charge is 2.10. The summed E-state index contributed by atoms with van der Waals surface area (Å²) in [5.74, 6) is 0.485. The first-order valence-electron chi connectivity index (χ1n) is 4.22. The van der Waals surface area contributed by atoms with Crippen LogP contribution in [0.4, 0.5) is 4.39 Å². The van der Waals surface area contributed by atoms with E-state index in [1.54, 1.807) is 31.5 Å². The van der Waals surface area contributed by atoms with E-state index in [9.17, 15) is 4.39 Å². The molecule has 2 aromatic rings. The summed E-state index contributed by atoms with van der Waals surface area (Å²) < 4.78 is 13.5. The molecule has 2 heterocycles. The molecular weight excluding hydrogens is 199 g/mol. The van der Waals surface area contributed by atoms with Gasteiger partial charge in [0.25, 0.3) is 0 Å². The van der Waals surface area contributed by atoms with Crippen molar-refractivity contribution in [2.24, 2.45) is 0 Å². The van der Waals surface area contributed by atoms with Crippen LogP contribution in [-0.4, -0.2) is 9.97 Å². The predicted octanol–water partition coefficient (Wildman–Crippen LogP) is 2.96. The lowest BCUT2D eigenvalue weighted by molar-refractivity contribution is 0.628. The molecular formula is C10H9FN2S. The lowest BCUT2D eigenvalue weighted by Gasteiger charge is -1.98. The standard InChI is InChI=1S/C10H9FN2S/c1-6-10(11)8(5-14-6)9-3-4-12-7(2)13-9/h3-5H,1-2H3. The second kappa shape index (κ2) is 3.46. The molecule has 14 heavy (non-hydrogen) atoms. The zero-order valence-corrected chi connectivity index (χ0v) is 8.73. The van der Waals surface area contributed by atoms with Crippen LogP contribution in [-0.2, 0) is 0 Å². The first kappa shape index (κ1) is 9.27. The third-order valence-electron chi connectivity index (χ3n) is 1.95. The molecule has 0 atom stereocenters. The quantitative estimate of drug-likeness (QED) is 0.720. The van der Waals surface area contributed by atoms with Gasteiger partial charge >= 0.3 is 0 Å². The van der Waals surface area contributed by atoms with E-state index in [4.69, 9.17) is 0 Å². The molecule has 0 amide bonds. The lowest BCUT2D eigenvalue weighted by Crippen LogP contribution is -1.90. The molecule has 0 unspecified atom stereocenters. The van der Waals surface area contributed by atoms with Crippen molar-refractivity contribution in [2.45, 2.75) is 13.8 Å². The average molecular weight is 208 g/mol. The van der Waals surface area contributed by atoms with Gasteiger partial charge in [0.1, 0.15) is 11.6 Å². The van der Waals surface area contributed by atoms with E-state index in [1.807, 2.05) is 0 Å². The average Bonchev–Trinajstić information content (AvgIpc) is 2.48. The van der Waals surface area contributed by atoms with Crippen molar-refractivity contribution in [1.82, 2.24) is 9.97 Å². The number of hydrogen-bond donors (Lipinski definition) is 0. The largest absolute Gasteiger partial charge is 0.242 e. The third kappa shape index (κ3) is 1.53. The molecule has 0 aliphatic heterocycles. The molecule has 0 aliphatic carbocycles. The Morgan fingerprint density at radius 3 is 2.71 bits per heavy atom. The maximum atomic E-state index is 13.5. The van der Waals surface area contributed by atoms with E-state index < -0.39 is 0 Å². The number of nitrogens with zero attached hydrogens (tertiary/aromatic N) is 2. The van der Waals surface area contributed by atoms with Crippen LogP contribution in [0.1, 0.15) is 10.7 Å². The van der Waals surface area contributed by atoms with Crippen molar-refractivity contribution in [3.8, 4) is 11.3 Å². The molecule has 0 saturated carbocycles. The highest BCUT2D eigenvalue weighted by molar-refractivity contribution is 7.10. The molecule has 0 spiro atoms. The first-order valence-corrected chi connectivity index (χ1v) is 5.10. The molecule has 0 N–H and O–H groups in total. The van der Waals surface area contributed by atoms with Crippen molar-refractivity contribution in [3.63, 3.8) is 0 Å². The molecule has 0 aliphatic rings. The van der Waals surface area contributed by atoms with Crippen LogP contribution in [0.15, 0.2) is 17.6 Å². The molecule has 0 saturated heterocycles. The van der Waals surface area contributed by atoms with Gasteiger partial charge in [-0.05, 0) is 19.9 Å². The summed E-state index contributed by atoms with van der Waals surface area (Å²) in [6.45, 7) is 3.55. The van der Waals surface area contributed by atoms with Gasteiger partial charge < -0.3 is 0 Å². The van der Waals surface area contributed by atoms with Crippen molar-refractivity contribution in [1.29, 1.82) is 0 Å². The van der Waals surface area contributed by atoms with Gasteiger partial charge in [-0.1, -0.05) is 0 Å². The minimum atomic E-state index is -0.173. The number of halogens is 1. The zero-order valence-electron chi connectivity index (χ0n) is 7.91. The van der Waals surface area contributed by atoms with Crippen LogP contribution in [0.5, 0.6) is 0 Å². The second-order valence-corrected chi connectivity index (χ2v) is 4.09. The van der Waals surface area contributed by atoms with E-state index >= 15 is 0 Å². The summed E-state index contributed by atoms with van der Waals surface area (Å²) in [7, 11) is 0. The van der Waals surface area contributed by atoms with Gasteiger partial charge in [0, 0.05) is 22.0 Å². The number of hydrogen-bond acceptors (Lipinski definition) is 3.